The van der Waals surface area contributed by atoms with Gasteiger partial charge in [-0.1, -0.05) is 6.07 Å². The third-order valence-electron chi connectivity index (χ3n) is 3.13. The van der Waals surface area contributed by atoms with Gasteiger partial charge in [-0.3, -0.25) is 4.98 Å². The summed E-state index contributed by atoms with van der Waals surface area (Å²) in [5.74, 6) is 0.583. The van der Waals surface area contributed by atoms with Crippen LogP contribution in [0.1, 0.15) is 5.56 Å². The maximum atomic E-state index is 9.77. The lowest BCUT2D eigenvalue weighted by Crippen LogP contribution is -1.96. The Balaban J connectivity index is 2.33. The van der Waals surface area contributed by atoms with Crippen LogP contribution in [0.3, 0.4) is 0 Å². The lowest BCUT2D eigenvalue weighted by atomic mass is 10.1. The molecule has 0 fully saturated rings. The minimum atomic E-state index is -0.122. The van der Waals surface area contributed by atoms with E-state index in [0.29, 0.717) is 22.3 Å². The molecule has 100 valence electrons. The number of aromatic nitrogens is 3. The van der Waals surface area contributed by atoms with E-state index in [1.54, 1.807) is 25.4 Å². The molecule has 0 unspecified atom stereocenters. The zero-order valence-corrected chi connectivity index (χ0v) is 11.2. The van der Waals surface area contributed by atoms with Crippen molar-refractivity contribution in [2.24, 2.45) is 0 Å². The second-order valence-corrected chi connectivity index (χ2v) is 4.48. The molecule has 3 aromatic rings. The normalized spacial score (nSPS) is 10.7. The molecule has 2 heterocycles. The number of nitrogens with zero attached hydrogens (tertiary/aromatic N) is 3. The molecule has 0 saturated carbocycles. The number of methoxy groups -OCH3 is 1. The predicted octanol–water partition coefficient (Wildman–Crippen LogP) is 2.71. The Hall–Kier alpha value is -2.69. The van der Waals surface area contributed by atoms with Crippen LogP contribution in [0.25, 0.3) is 22.2 Å². The summed E-state index contributed by atoms with van der Waals surface area (Å²) in [4.78, 5) is 4.30. The fraction of sp³-hybridized carbons (Fsp3) is 0.133. The van der Waals surface area contributed by atoms with Crippen molar-refractivity contribution in [3.8, 4) is 22.9 Å². The maximum absolute atomic E-state index is 9.77. The molecular formula is C15H13N3O2. The molecule has 0 spiro atoms. The molecule has 1 N–H and O–H groups in total. The van der Waals surface area contributed by atoms with E-state index in [-0.39, 0.29) is 5.88 Å². The van der Waals surface area contributed by atoms with E-state index in [1.165, 1.54) is 0 Å². The second kappa shape index (κ2) is 4.77. The van der Waals surface area contributed by atoms with Crippen LogP contribution in [0.2, 0.25) is 0 Å². The lowest BCUT2D eigenvalue weighted by molar-refractivity contribution is 0.416. The van der Waals surface area contributed by atoms with Crippen LogP contribution in [-0.2, 0) is 0 Å². The molecule has 5 nitrogen and oxygen atoms in total. The van der Waals surface area contributed by atoms with Gasteiger partial charge >= 0.3 is 0 Å². The van der Waals surface area contributed by atoms with Gasteiger partial charge in [0.1, 0.15) is 17.0 Å². The maximum Gasteiger partial charge on any atom is 0.240 e. The Kier molecular flexibility index (Phi) is 2.95. The van der Waals surface area contributed by atoms with Crippen LogP contribution in [0.15, 0.2) is 36.5 Å². The summed E-state index contributed by atoms with van der Waals surface area (Å²) < 4.78 is 5.40. The van der Waals surface area contributed by atoms with Crippen molar-refractivity contribution >= 4 is 10.9 Å². The van der Waals surface area contributed by atoms with Crippen molar-refractivity contribution in [1.29, 1.82) is 0 Å². The Morgan fingerprint density at radius 1 is 1.15 bits per heavy atom. The molecule has 0 aliphatic rings. The first-order valence-electron chi connectivity index (χ1n) is 6.16. The monoisotopic (exact) mass is 267 g/mol. The average Bonchev–Trinajstić information content (AvgIpc) is 2.48. The molecule has 3 rings (SSSR count). The first-order chi connectivity index (χ1) is 9.70. The number of rotatable bonds is 2. The van der Waals surface area contributed by atoms with Gasteiger partial charge < -0.3 is 9.84 Å². The highest BCUT2D eigenvalue weighted by molar-refractivity contribution is 5.94. The summed E-state index contributed by atoms with van der Waals surface area (Å²) in [5, 5.41) is 18.2. The Morgan fingerprint density at radius 3 is 2.80 bits per heavy atom. The van der Waals surface area contributed by atoms with E-state index in [1.807, 2.05) is 25.1 Å². The molecule has 0 atom stereocenters. The van der Waals surface area contributed by atoms with E-state index in [0.717, 1.165) is 11.1 Å². The van der Waals surface area contributed by atoms with Gasteiger partial charge in [0.2, 0.25) is 5.88 Å². The third-order valence-corrected chi connectivity index (χ3v) is 3.13. The highest BCUT2D eigenvalue weighted by Crippen LogP contribution is 2.34. The summed E-state index contributed by atoms with van der Waals surface area (Å²) in [6.45, 7) is 1.99. The quantitative estimate of drug-likeness (QED) is 0.773. The van der Waals surface area contributed by atoms with Gasteiger partial charge in [0, 0.05) is 11.8 Å². The number of benzene rings is 1. The fourth-order valence-corrected chi connectivity index (χ4v) is 2.15. The van der Waals surface area contributed by atoms with Crippen LogP contribution < -0.4 is 4.74 Å². The Bertz CT molecular complexity index is 787. The van der Waals surface area contributed by atoms with Gasteiger partial charge in [-0.15, -0.1) is 10.2 Å². The van der Waals surface area contributed by atoms with Gasteiger partial charge in [-0.25, -0.2) is 0 Å². The molecule has 0 saturated heterocycles. The summed E-state index contributed by atoms with van der Waals surface area (Å²) in [5.41, 5.74) is 3.08. The number of fused-ring (bicyclic) bond motifs is 1. The van der Waals surface area contributed by atoms with E-state index >= 15 is 0 Å². The van der Waals surface area contributed by atoms with E-state index in [4.69, 9.17) is 4.74 Å². The Morgan fingerprint density at radius 2 is 2.00 bits per heavy atom. The van der Waals surface area contributed by atoms with Crippen molar-refractivity contribution in [3.63, 3.8) is 0 Å². The van der Waals surface area contributed by atoms with Crippen molar-refractivity contribution in [3.05, 3.63) is 42.1 Å². The highest BCUT2D eigenvalue weighted by Gasteiger charge is 2.15. The topological polar surface area (TPSA) is 68.1 Å². The molecule has 0 aliphatic heterocycles. The molecule has 1 aromatic carbocycles. The molecule has 0 amide bonds. The summed E-state index contributed by atoms with van der Waals surface area (Å²) in [6, 6.07) is 9.33. The van der Waals surface area contributed by atoms with Crippen LogP contribution in [0.4, 0.5) is 0 Å². The van der Waals surface area contributed by atoms with E-state index < -0.39 is 0 Å². The van der Waals surface area contributed by atoms with E-state index in [9.17, 15) is 5.11 Å². The molecule has 20 heavy (non-hydrogen) atoms. The SMILES string of the molecule is COc1cc(C)ccc1-c1nnc(O)c2cccnc12. The first kappa shape index (κ1) is 12.3. The average molecular weight is 267 g/mol. The van der Waals surface area contributed by atoms with Gasteiger partial charge in [0.05, 0.1) is 12.5 Å². The Labute approximate surface area is 115 Å². The zero-order valence-electron chi connectivity index (χ0n) is 11.2. The zero-order chi connectivity index (χ0) is 14.1. The van der Waals surface area contributed by atoms with Crippen molar-refractivity contribution in [2.45, 2.75) is 6.92 Å². The number of pyridine rings is 1. The minimum Gasteiger partial charge on any atom is -0.496 e. The fourth-order valence-electron chi connectivity index (χ4n) is 2.15. The molecule has 5 heteroatoms. The van der Waals surface area contributed by atoms with Crippen molar-refractivity contribution in [1.82, 2.24) is 15.2 Å². The highest BCUT2D eigenvalue weighted by atomic mass is 16.5. The first-order valence-corrected chi connectivity index (χ1v) is 6.16. The molecule has 2 aromatic heterocycles. The lowest BCUT2D eigenvalue weighted by Gasteiger charge is -2.10. The minimum absolute atomic E-state index is 0.122. The van der Waals surface area contributed by atoms with Gasteiger partial charge in [0.25, 0.3) is 0 Å². The van der Waals surface area contributed by atoms with Gasteiger partial charge in [-0.05, 0) is 36.8 Å². The largest absolute Gasteiger partial charge is 0.496 e. The van der Waals surface area contributed by atoms with Crippen molar-refractivity contribution in [2.75, 3.05) is 7.11 Å². The number of hydrogen-bond acceptors (Lipinski definition) is 5. The smallest absolute Gasteiger partial charge is 0.240 e. The van der Waals surface area contributed by atoms with Crippen LogP contribution >= 0.6 is 0 Å². The number of ether oxygens (including phenoxy) is 1. The van der Waals surface area contributed by atoms with Crippen molar-refractivity contribution < 1.29 is 9.84 Å². The van der Waals surface area contributed by atoms with E-state index in [2.05, 4.69) is 15.2 Å². The van der Waals surface area contributed by atoms with Gasteiger partial charge in [0.15, 0.2) is 0 Å². The van der Waals surface area contributed by atoms with Crippen LogP contribution in [-0.4, -0.2) is 27.4 Å². The molecule has 0 aliphatic carbocycles. The number of hydrogen-bond donors (Lipinski definition) is 1. The molecule has 0 radical (unpaired) electrons. The van der Waals surface area contributed by atoms with Crippen LogP contribution in [0.5, 0.6) is 11.6 Å². The molecular weight excluding hydrogens is 254 g/mol. The number of aromatic hydroxyl groups is 1. The second-order valence-electron chi connectivity index (χ2n) is 4.48. The van der Waals surface area contributed by atoms with Crippen LogP contribution in [0, 0.1) is 6.92 Å². The third kappa shape index (κ3) is 1.93. The summed E-state index contributed by atoms with van der Waals surface area (Å²) in [6.07, 6.45) is 1.66. The molecule has 0 bridgehead atoms. The standard InChI is InChI=1S/C15H13N3O2/c1-9-5-6-10(12(8-9)20-2)14-13-11(4-3-7-16-13)15(19)18-17-14/h3-8H,1-2H3,(H,18,19). The van der Waals surface area contributed by atoms with Gasteiger partial charge in [-0.2, -0.15) is 0 Å². The summed E-state index contributed by atoms with van der Waals surface area (Å²) >= 11 is 0. The predicted molar refractivity (Wildman–Crippen MR) is 75.7 cm³/mol. The number of aryl methyl sites for hydroxylation is 1. The summed E-state index contributed by atoms with van der Waals surface area (Å²) in [7, 11) is 1.61.